The molecule has 3 N–H and O–H groups in total. The van der Waals surface area contributed by atoms with Gasteiger partial charge in [0.2, 0.25) is 0 Å². The number of hydrogen-bond acceptors (Lipinski definition) is 6. The van der Waals surface area contributed by atoms with Crippen molar-refractivity contribution in [2.75, 3.05) is 32.9 Å². The molecule has 5 nitrogen and oxygen atoms in total. The summed E-state index contributed by atoms with van der Waals surface area (Å²) in [5.41, 5.74) is -0.699. The zero-order valence-corrected chi connectivity index (χ0v) is 12.4. The number of hydrogen-bond donors (Lipinski definition) is 3. The Hall–Kier alpha value is -0.500. The molecule has 1 saturated heterocycles. The molecule has 2 rings (SSSR count). The molecule has 0 spiro atoms. The van der Waals surface area contributed by atoms with E-state index in [9.17, 15) is 10.2 Å². The van der Waals surface area contributed by atoms with Crippen molar-refractivity contribution in [1.29, 1.82) is 0 Å². The van der Waals surface area contributed by atoms with Crippen molar-refractivity contribution in [1.82, 2.24) is 5.32 Å². The van der Waals surface area contributed by atoms with E-state index in [1.54, 1.807) is 11.3 Å². The molecule has 1 fully saturated rings. The van der Waals surface area contributed by atoms with E-state index >= 15 is 0 Å². The maximum Gasteiger partial charge on any atom is 0.0897 e. The summed E-state index contributed by atoms with van der Waals surface area (Å²) >= 11 is 1.64. The third-order valence-corrected chi connectivity index (χ3v) is 4.24. The van der Waals surface area contributed by atoms with Gasteiger partial charge in [-0.25, -0.2) is 0 Å². The Morgan fingerprint density at radius 3 is 2.95 bits per heavy atom. The van der Waals surface area contributed by atoms with Gasteiger partial charge < -0.3 is 25.0 Å². The fraction of sp³-hybridized carbons (Fsp3) is 0.714. The molecular formula is C14H23NO4S. The Labute approximate surface area is 123 Å². The summed E-state index contributed by atoms with van der Waals surface area (Å²) in [6, 6.07) is 3.99. The molecule has 0 aliphatic carbocycles. The Bertz CT molecular complexity index is 365. The molecule has 1 aromatic rings. The maximum atomic E-state index is 10.2. The van der Waals surface area contributed by atoms with E-state index in [0.717, 1.165) is 4.88 Å². The Balaban J connectivity index is 1.54. The molecule has 1 unspecified atom stereocenters. The van der Waals surface area contributed by atoms with Gasteiger partial charge in [0.1, 0.15) is 0 Å². The van der Waals surface area contributed by atoms with Gasteiger partial charge in [-0.05, 0) is 11.4 Å². The van der Waals surface area contributed by atoms with Crippen molar-refractivity contribution in [3.63, 3.8) is 0 Å². The molecule has 114 valence electrons. The van der Waals surface area contributed by atoms with Crippen molar-refractivity contribution in [3.05, 3.63) is 22.4 Å². The van der Waals surface area contributed by atoms with E-state index in [1.165, 1.54) is 0 Å². The highest BCUT2D eigenvalue weighted by molar-refractivity contribution is 7.09. The van der Waals surface area contributed by atoms with Crippen LogP contribution in [0.3, 0.4) is 0 Å². The summed E-state index contributed by atoms with van der Waals surface area (Å²) in [5, 5.41) is 25.1. The van der Waals surface area contributed by atoms with E-state index in [4.69, 9.17) is 9.47 Å². The van der Waals surface area contributed by atoms with Gasteiger partial charge in [0.15, 0.2) is 0 Å². The summed E-state index contributed by atoms with van der Waals surface area (Å²) in [6.07, 6.45) is 0.731. The van der Waals surface area contributed by atoms with Crippen LogP contribution < -0.4 is 5.32 Å². The van der Waals surface area contributed by atoms with E-state index in [1.807, 2.05) is 17.5 Å². The topological polar surface area (TPSA) is 71.0 Å². The van der Waals surface area contributed by atoms with Gasteiger partial charge in [-0.15, -0.1) is 11.3 Å². The number of aliphatic hydroxyl groups excluding tert-OH is 1. The molecule has 0 bridgehead atoms. The second-order valence-electron chi connectivity index (χ2n) is 5.22. The monoisotopic (exact) mass is 301 g/mol. The number of nitrogens with one attached hydrogen (secondary N) is 1. The summed E-state index contributed by atoms with van der Waals surface area (Å²) in [7, 11) is 0. The Kier molecular flexibility index (Phi) is 6.41. The summed E-state index contributed by atoms with van der Waals surface area (Å²) < 4.78 is 10.7. The highest BCUT2D eigenvalue weighted by Gasteiger charge is 2.29. The third kappa shape index (κ3) is 5.47. The van der Waals surface area contributed by atoms with Crippen LogP contribution >= 0.6 is 11.3 Å². The lowest BCUT2D eigenvalue weighted by atomic mass is 9.94. The van der Waals surface area contributed by atoms with Gasteiger partial charge in [-0.2, -0.15) is 0 Å². The fourth-order valence-electron chi connectivity index (χ4n) is 2.15. The van der Waals surface area contributed by atoms with E-state index in [0.29, 0.717) is 52.4 Å². The van der Waals surface area contributed by atoms with Gasteiger partial charge in [-0.3, -0.25) is 0 Å². The molecular weight excluding hydrogens is 278 g/mol. The number of thiophene rings is 1. The average Bonchev–Trinajstić information content (AvgIpc) is 2.92. The van der Waals surface area contributed by atoms with E-state index in [-0.39, 0.29) is 0 Å². The van der Waals surface area contributed by atoms with Crippen LogP contribution in [0.1, 0.15) is 17.7 Å². The average molecular weight is 301 g/mol. The highest BCUT2D eigenvalue weighted by atomic mass is 32.1. The summed E-state index contributed by atoms with van der Waals surface area (Å²) in [5.74, 6) is 0. The van der Waals surface area contributed by atoms with Crippen LogP contribution in [-0.4, -0.2) is 54.8 Å². The number of aliphatic hydroxyl groups is 2. The predicted octanol–water partition coefficient (Wildman–Crippen LogP) is 0.757. The minimum absolute atomic E-state index is 0.298. The molecule has 0 aromatic carbocycles. The van der Waals surface area contributed by atoms with Crippen LogP contribution in [0.2, 0.25) is 0 Å². The molecule has 1 aromatic heterocycles. The van der Waals surface area contributed by atoms with Gasteiger partial charge in [0, 0.05) is 44.0 Å². The first-order valence-electron chi connectivity index (χ1n) is 6.97. The fourth-order valence-corrected chi connectivity index (χ4v) is 2.79. The second kappa shape index (κ2) is 8.07. The lowest BCUT2D eigenvalue weighted by molar-refractivity contribution is -0.0632. The van der Waals surface area contributed by atoms with Gasteiger partial charge in [-0.1, -0.05) is 6.07 Å². The highest BCUT2D eigenvalue weighted by Crippen LogP contribution is 2.19. The van der Waals surface area contributed by atoms with Crippen molar-refractivity contribution in [2.45, 2.75) is 31.2 Å². The standard InChI is InChI=1S/C14H23NO4S/c16-12(9-19-10-13-2-1-7-20-13)8-15-11-14(17)3-5-18-6-4-14/h1-2,7,12,15-17H,3-6,8-11H2. The molecule has 0 amide bonds. The predicted molar refractivity (Wildman–Crippen MR) is 77.9 cm³/mol. The zero-order chi connectivity index (χ0) is 14.3. The SMILES string of the molecule is OC(CNCC1(O)CCOCC1)COCc1cccs1. The minimum atomic E-state index is -0.699. The van der Waals surface area contributed by atoms with Gasteiger partial charge in [0.25, 0.3) is 0 Å². The Morgan fingerprint density at radius 2 is 2.25 bits per heavy atom. The number of rotatable bonds is 8. The van der Waals surface area contributed by atoms with Crippen LogP contribution in [0.25, 0.3) is 0 Å². The quantitative estimate of drug-likeness (QED) is 0.661. The molecule has 1 aliphatic rings. The zero-order valence-electron chi connectivity index (χ0n) is 11.6. The molecule has 2 heterocycles. The smallest absolute Gasteiger partial charge is 0.0897 e. The molecule has 1 aliphatic heterocycles. The van der Waals surface area contributed by atoms with Crippen molar-refractivity contribution < 1.29 is 19.7 Å². The molecule has 6 heteroatoms. The van der Waals surface area contributed by atoms with E-state index < -0.39 is 11.7 Å². The minimum Gasteiger partial charge on any atom is -0.389 e. The first-order chi connectivity index (χ1) is 9.68. The lowest BCUT2D eigenvalue weighted by Gasteiger charge is -2.32. The first-order valence-corrected chi connectivity index (χ1v) is 7.85. The van der Waals surface area contributed by atoms with Crippen molar-refractivity contribution in [2.24, 2.45) is 0 Å². The van der Waals surface area contributed by atoms with E-state index in [2.05, 4.69) is 5.32 Å². The largest absolute Gasteiger partial charge is 0.389 e. The molecule has 0 radical (unpaired) electrons. The first kappa shape index (κ1) is 15.9. The molecule has 1 atom stereocenters. The number of ether oxygens (including phenoxy) is 2. The molecule has 0 saturated carbocycles. The van der Waals surface area contributed by atoms with Gasteiger partial charge in [0.05, 0.1) is 24.9 Å². The van der Waals surface area contributed by atoms with Crippen molar-refractivity contribution >= 4 is 11.3 Å². The van der Waals surface area contributed by atoms with Crippen LogP contribution in [0.15, 0.2) is 17.5 Å². The Morgan fingerprint density at radius 1 is 1.45 bits per heavy atom. The normalized spacial score (nSPS) is 19.9. The molecule has 20 heavy (non-hydrogen) atoms. The summed E-state index contributed by atoms with van der Waals surface area (Å²) in [6.45, 7) is 2.95. The second-order valence-corrected chi connectivity index (χ2v) is 6.25. The van der Waals surface area contributed by atoms with Crippen molar-refractivity contribution in [3.8, 4) is 0 Å². The maximum absolute atomic E-state index is 10.2. The third-order valence-electron chi connectivity index (χ3n) is 3.39. The van der Waals surface area contributed by atoms with Crippen LogP contribution in [0.4, 0.5) is 0 Å². The van der Waals surface area contributed by atoms with Crippen LogP contribution in [-0.2, 0) is 16.1 Å². The lowest BCUT2D eigenvalue weighted by Crippen LogP contribution is -2.47. The van der Waals surface area contributed by atoms with Crippen LogP contribution in [0.5, 0.6) is 0 Å². The van der Waals surface area contributed by atoms with Gasteiger partial charge >= 0.3 is 0 Å². The van der Waals surface area contributed by atoms with Crippen LogP contribution in [0, 0.1) is 0 Å². The summed E-state index contributed by atoms with van der Waals surface area (Å²) in [4.78, 5) is 1.15.